The second-order valence-electron chi connectivity index (χ2n) is 6.83. The average Bonchev–Trinajstić information content (AvgIpc) is 3.06. The number of nitrogens with zero attached hydrogens (tertiary/aromatic N) is 2. The van der Waals surface area contributed by atoms with Crippen LogP contribution in [0.15, 0.2) is 60.3 Å². The van der Waals surface area contributed by atoms with Gasteiger partial charge in [-0.3, -0.25) is 4.90 Å². The van der Waals surface area contributed by atoms with Crippen LogP contribution in [0, 0.1) is 6.92 Å². The standard InChI is InChI=1S/C22H26N2O2/c1-17-8-3-4-10-19(17)20(21-12-7-13-23(21)2)11-6-15-24-14-5-9-18(16-24)22(25)26/h3-4,7-13H,5-6,14-16H2,1-2H3,(H,25,26). The fourth-order valence-electron chi connectivity index (χ4n) is 3.51. The zero-order chi connectivity index (χ0) is 18.5. The number of aryl methyl sites for hydroxylation is 2. The Morgan fingerprint density at radius 2 is 2.04 bits per heavy atom. The Bertz CT molecular complexity index is 845. The fourth-order valence-corrected chi connectivity index (χ4v) is 3.51. The summed E-state index contributed by atoms with van der Waals surface area (Å²) in [5.41, 5.74) is 5.46. The number of aromatic nitrogens is 1. The van der Waals surface area contributed by atoms with Crippen molar-refractivity contribution in [1.82, 2.24) is 9.47 Å². The van der Waals surface area contributed by atoms with Crippen LogP contribution in [-0.2, 0) is 11.8 Å². The fraction of sp³-hybridized carbons (Fsp3) is 0.318. The molecule has 0 saturated heterocycles. The van der Waals surface area contributed by atoms with Crippen LogP contribution in [0.4, 0.5) is 0 Å². The summed E-state index contributed by atoms with van der Waals surface area (Å²) in [6.07, 6.45) is 7.90. The Labute approximate surface area is 155 Å². The number of hydrogen-bond donors (Lipinski definition) is 1. The molecule has 136 valence electrons. The molecule has 1 aromatic heterocycles. The minimum Gasteiger partial charge on any atom is -0.478 e. The van der Waals surface area contributed by atoms with Crippen LogP contribution >= 0.6 is 0 Å². The Morgan fingerprint density at radius 1 is 1.23 bits per heavy atom. The zero-order valence-electron chi connectivity index (χ0n) is 15.5. The summed E-state index contributed by atoms with van der Waals surface area (Å²) < 4.78 is 2.14. The number of hydrogen-bond acceptors (Lipinski definition) is 2. The highest BCUT2D eigenvalue weighted by Gasteiger charge is 2.17. The third-order valence-electron chi connectivity index (χ3n) is 4.95. The molecule has 0 aliphatic carbocycles. The van der Waals surface area contributed by atoms with Gasteiger partial charge in [0.1, 0.15) is 0 Å². The smallest absolute Gasteiger partial charge is 0.332 e. The molecule has 2 heterocycles. The van der Waals surface area contributed by atoms with Crippen molar-refractivity contribution in [2.24, 2.45) is 7.05 Å². The van der Waals surface area contributed by atoms with Gasteiger partial charge in [0.05, 0.1) is 0 Å². The number of carboxylic acids is 1. The molecular formula is C22H26N2O2. The minimum absolute atomic E-state index is 0.516. The molecule has 0 saturated carbocycles. The summed E-state index contributed by atoms with van der Waals surface area (Å²) >= 11 is 0. The van der Waals surface area contributed by atoms with Gasteiger partial charge in [0.25, 0.3) is 0 Å². The van der Waals surface area contributed by atoms with Gasteiger partial charge in [-0.05, 0) is 43.0 Å². The number of carboxylic acid groups (broad SMARTS) is 1. The molecule has 1 aromatic carbocycles. The van der Waals surface area contributed by atoms with Gasteiger partial charge < -0.3 is 9.67 Å². The maximum absolute atomic E-state index is 11.2. The van der Waals surface area contributed by atoms with E-state index in [0.717, 1.165) is 25.9 Å². The van der Waals surface area contributed by atoms with Gasteiger partial charge in [-0.15, -0.1) is 0 Å². The summed E-state index contributed by atoms with van der Waals surface area (Å²) in [7, 11) is 2.07. The van der Waals surface area contributed by atoms with E-state index < -0.39 is 5.97 Å². The number of rotatable bonds is 6. The van der Waals surface area contributed by atoms with Gasteiger partial charge in [0, 0.05) is 49.7 Å². The molecule has 0 amide bonds. The molecule has 0 radical (unpaired) electrons. The van der Waals surface area contributed by atoms with Crippen molar-refractivity contribution in [3.05, 3.63) is 77.1 Å². The van der Waals surface area contributed by atoms with E-state index in [1.165, 1.54) is 22.4 Å². The van der Waals surface area contributed by atoms with Gasteiger partial charge in [-0.2, -0.15) is 0 Å². The molecule has 26 heavy (non-hydrogen) atoms. The van der Waals surface area contributed by atoms with E-state index in [0.29, 0.717) is 12.1 Å². The van der Waals surface area contributed by atoms with Crippen molar-refractivity contribution in [3.63, 3.8) is 0 Å². The SMILES string of the molecule is Cc1ccccc1C(=CCCN1CCC=C(C(=O)O)C1)c1cccn1C. The highest BCUT2D eigenvalue weighted by Crippen LogP contribution is 2.27. The van der Waals surface area contributed by atoms with Gasteiger partial charge >= 0.3 is 5.97 Å². The van der Waals surface area contributed by atoms with E-state index in [1.54, 1.807) is 0 Å². The molecule has 4 nitrogen and oxygen atoms in total. The van der Waals surface area contributed by atoms with Crippen molar-refractivity contribution < 1.29 is 9.90 Å². The van der Waals surface area contributed by atoms with Crippen molar-refractivity contribution in [1.29, 1.82) is 0 Å². The molecule has 0 atom stereocenters. The van der Waals surface area contributed by atoms with Crippen molar-refractivity contribution in [2.75, 3.05) is 19.6 Å². The molecule has 2 aromatic rings. The molecule has 1 aliphatic heterocycles. The first-order chi connectivity index (χ1) is 12.6. The molecule has 1 N–H and O–H groups in total. The molecule has 0 bridgehead atoms. The lowest BCUT2D eigenvalue weighted by molar-refractivity contribution is -0.133. The second kappa shape index (κ2) is 8.19. The Hall–Kier alpha value is -2.59. The lowest BCUT2D eigenvalue weighted by Crippen LogP contribution is -2.32. The van der Waals surface area contributed by atoms with Crippen LogP contribution < -0.4 is 0 Å². The van der Waals surface area contributed by atoms with Crippen LogP contribution in [0.25, 0.3) is 5.57 Å². The molecule has 1 aliphatic rings. The lowest BCUT2D eigenvalue weighted by atomic mass is 9.97. The number of aliphatic carboxylic acids is 1. The summed E-state index contributed by atoms with van der Waals surface area (Å²) in [6.45, 7) is 4.46. The van der Waals surface area contributed by atoms with Crippen LogP contribution in [0.3, 0.4) is 0 Å². The van der Waals surface area contributed by atoms with Crippen molar-refractivity contribution >= 4 is 11.5 Å². The summed E-state index contributed by atoms with van der Waals surface area (Å²) in [5, 5.41) is 9.19. The maximum Gasteiger partial charge on any atom is 0.332 e. The predicted octanol–water partition coefficient (Wildman–Crippen LogP) is 3.87. The molecule has 0 spiro atoms. The molecule has 0 unspecified atom stereocenters. The van der Waals surface area contributed by atoms with E-state index in [2.05, 4.69) is 72.1 Å². The Morgan fingerprint density at radius 3 is 2.73 bits per heavy atom. The van der Waals surface area contributed by atoms with Crippen LogP contribution in [0.1, 0.15) is 29.7 Å². The quantitative estimate of drug-likeness (QED) is 0.860. The van der Waals surface area contributed by atoms with Gasteiger partial charge in [0.2, 0.25) is 0 Å². The second-order valence-corrected chi connectivity index (χ2v) is 6.83. The Balaban J connectivity index is 1.78. The highest BCUT2D eigenvalue weighted by atomic mass is 16.4. The molecule has 0 fully saturated rings. The molecular weight excluding hydrogens is 324 g/mol. The number of carbonyl (C=O) groups is 1. The molecule has 3 rings (SSSR count). The van der Waals surface area contributed by atoms with E-state index in [9.17, 15) is 9.90 Å². The first-order valence-corrected chi connectivity index (χ1v) is 9.09. The third kappa shape index (κ3) is 4.14. The summed E-state index contributed by atoms with van der Waals surface area (Å²) in [5.74, 6) is -0.797. The molecule has 4 heteroatoms. The Kier molecular flexibility index (Phi) is 5.74. The van der Waals surface area contributed by atoms with Crippen LogP contribution in [-0.4, -0.2) is 40.2 Å². The highest BCUT2D eigenvalue weighted by molar-refractivity contribution is 5.87. The topological polar surface area (TPSA) is 45.5 Å². The predicted molar refractivity (Wildman–Crippen MR) is 105 cm³/mol. The van der Waals surface area contributed by atoms with Crippen molar-refractivity contribution in [3.8, 4) is 0 Å². The van der Waals surface area contributed by atoms with Crippen LogP contribution in [0.2, 0.25) is 0 Å². The first-order valence-electron chi connectivity index (χ1n) is 9.09. The lowest BCUT2D eigenvalue weighted by Gasteiger charge is -2.25. The van der Waals surface area contributed by atoms with E-state index in [1.807, 2.05) is 6.08 Å². The van der Waals surface area contributed by atoms with Gasteiger partial charge in [-0.1, -0.05) is 36.4 Å². The normalized spacial score (nSPS) is 15.8. The van der Waals surface area contributed by atoms with E-state index in [4.69, 9.17) is 0 Å². The average molecular weight is 350 g/mol. The maximum atomic E-state index is 11.2. The van der Waals surface area contributed by atoms with Gasteiger partial charge in [-0.25, -0.2) is 4.79 Å². The summed E-state index contributed by atoms with van der Waals surface area (Å²) in [6, 6.07) is 12.7. The number of benzene rings is 1. The monoisotopic (exact) mass is 350 g/mol. The van der Waals surface area contributed by atoms with E-state index in [-0.39, 0.29) is 0 Å². The van der Waals surface area contributed by atoms with E-state index >= 15 is 0 Å². The largest absolute Gasteiger partial charge is 0.478 e. The zero-order valence-corrected chi connectivity index (χ0v) is 15.5. The minimum atomic E-state index is -0.797. The third-order valence-corrected chi connectivity index (χ3v) is 4.95. The summed E-state index contributed by atoms with van der Waals surface area (Å²) in [4.78, 5) is 13.4. The van der Waals surface area contributed by atoms with Crippen LogP contribution in [0.5, 0.6) is 0 Å². The van der Waals surface area contributed by atoms with Crippen molar-refractivity contribution in [2.45, 2.75) is 19.8 Å². The first kappa shape index (κ1) is 18.2. The van der Waals surface area contributed by atoms with Gasteiger partial charge in [0.15, 0.2) is 0 Å².